The molecule has 1 atom stereocenters. The summed E-state index contributed by atoms with van der Waals surface area (Å²) in [5.41, 5.74) is 1.29. The molecule has 8 nitrogen and oxygen atoms in total. The third-order valence-corrected chi connectivity index (χ3v) is 5.00. The van der Waals surface area contributed by atoms with Crippen LogP contribution in [-0.4, -0.2) is 40.8 Å². The van der Waals surface area contributed by atoms with Crippen molar-refractivity contribution in [1.82, 2.24) is 10.2 Å². The summed E-state index contributed by atoms with van der Waals surface area (Å²) in [6.45, 7) is 3.36. The maximum atomic E-state index is 12.5. The highest BCUT2D eigenvalue weighted by molar-refractivity contribution is 7.20. The molecule has 0 saturated carbocycles. The van der Waals surface area contributed by atoms with E-state index in [4.69, 9.17) is 9.47 Å². The molecule has 1 amide bonds. The summed E-state index contributed by atoms with van der Waals surface area (Å²) in [5, 5.41) is 9.14. The molecule has 0 aliphatic heterocycles. The van der Waals surface area contributed by atoms with Crippen molar-refractivity contribution in [1.29, 1.82) is 0 Å². The Morgan fingerprint density at radius 1 is 1.17 bits per heavy atom. The number of esters is 2. The summed E-state index contributed by atoms with van der Waals surface area (Å²) in [7, 11) is 0. The van der Waals surface area contributed by atoms with Gasteiger partial charge in [0, 0.05) is 11.1 Å². The monoisotopic (exact) mass is 413 g/mol. The molecular formula is C20H19N3O5S. The van der Waals surface area contributed by atoms with Crippen LogP contribution < -0.4 is 5.32 Å². The highest BCUT2D eigenvalue weighted by atomic mass is 32.1. The number of aromatic nitrogens is 2. The Morgan fingerprint density at radius 2 is 1.93 bits per heavy atom. The number of carbonyl (C=O) groups is 3. The number of H-pyrrole nitrogens is 1. The van der Waals surface area contributed by atoms with E-state index in [0.29, 0.717) is 5.00 Å². The molecule has 0 aliphatic carbocycles. The van der Waals surface area contributed by atoms with Gasteiger partial charge in [-0.15, -0.1) is 11.3 Å². The number of thiophene rings is 1. The molecule has 3 rings (SSSR count). The number of aromatic amines is 1. The van der Waals surface area contributed by atoms with Gasteiger partial charge in [-0.1, -0.05) is 30.3 Å². The molecule has 1 aromatic carbocycles. The van der Waals surface area contributed by atoms with Crippen LogP contribution in [0.5, 0.6) is 0 Å². The van der Waals surface area contributed by atoms with Gasteiger partial charge in [0.15, 0.2) is 6.10 Å². The first-order valence-electron chi connectivity index (χ1n) is 8.87. The van der Waals surface area contributed by atoms with E-state index >= 15 is 0 Å². The summed E-state index contributed by atoms with van der Waals surface area (Å²) in [5.74, 6) is -1.81. The molecule has 2 aromatic heterocycles. The third-order valence-electron chi connectivity index (χ3n) is 3.90. The van der Waals surface area contributed by atoms with Gasteiger partial charge < -0.3 is 14.8 Å². The maximum absolute atomic E-state index is 12.5. The summed E-state index contributed by atoms with van der Waals surface area (Å²) in [4.78, 5) is 37.6. The quantitative estimate of drug-likeness (QED) is 0.574. The van der Waals surface area contributed by atoms with Crippen LogP contribution in [0.3, 0.4) is 0 Å². The zero-order valence-corrected chi connectivity index (χ0v) is 16.6. The lowest BCUT2D eigenvalue weighted by molar-refractivity contribution is -0.123. The number of anilines is 1. The van der Waals surface area contributed by atoms with Gasteiger partial charge in [-0.25, -0.2) is 9.59 Å². The van der Waals surface area contributed by atoms with Gasteiger partial charge in [0.2, 0.25) is 0 Å². The van der Waals surface area contributed by atoms with Gasteiger partial charge in [0.05, 0.1) is 12.2 Å². The van der Waals surface area contributed by atoms with Crippen molar-refractivity contribution in [2.45, 2.75) is 20.0 Å². The summed E-state index contributed by atoms with van der Waals surface area (Å²) in [6.07, 6.45) is 0.326. The van der Waals surface area contributed by atoms with Gasteiger partial charge in [0.25, 0.3) is 5.91 Å². The minimum absolute atomic E-state index is 0.138. The largest absolute Gasteiger partial charge is 0.462 e. The van der Waals surface area contributed by atoms with E-state index in [-0.39, 0.29) is 17.9 Å². The second-order valence-corrected chi connectivity index (χ2v) is 7.00. The van der Waals surface area contributed by atoms with Crippen LogP contribution in [0.25, 0.3) is 10.4 Å². The topological polar surface area (TPSA) is 110 Å². The van der Waals surface area contributed by atoms with E-state index < -0.39 is 23.9 Å². The number of benzene rings is 1. The summed E-state index contributed by atoms with van der Waals surface area (Å²) < 4.78 is 10.2. The Hall–Kier alpha value is -3.46. The summed E-state index contributed by atoms with van der Waals surface area (Å²) >= 11 is 1.24. The molecule has 0 radical (unpaired) electrons. The molecule has 0 aliphatic rings. The van der Waals surface area contributed by atoms with Crippen molar-refractivity contribution in [2.75, 3.05) is 11.9 Å². The average Bonchev–Trinajstić information content (AvgIpc) is 3.39. The Bertz CT molecular complexity index is 999. The zero-order chi connectivity index (χ0) is 20.8. The van der Waals surface area contributed by atoms with Gasteiger partial charge in [-0.3, -0.25) is 9.89 Å². The van der Waals surface area contributed by atoms with Crippen LogP contribution in [0.4, 0.5) is 5.00 Å². The predicted molar refractivity (Wildman–Crippen MR) is 108 cm³/mol. The highest BCUT2D eigenvalue weighted by Crippen LogP contribution is 2.36. The van der Waals surface area contributed by atoms with Gasteiger partial charge in [0.1, 0.15) is 10.7 Å². The Balaban J connectivity index is 1.79. The lowest BCUT2D eigenvalue weighted by Gasteiger charge is -2.12. The van der Waals surface area contributed by atoms with E-state index in [9.17, 15) is 14.4 Å². The van der Waals surface area contributed by atoms with Gasteiger partial charge in [-0.05, 0) is 31.5 Å². The van der Waals surface area contributed by atoms with Crippen LogP contribution in [0.1, 0.15) is 34.7 Å². The molecule has 29 heavy (non-hydrogen) atoms. The Labute approximate surface area is 170 Å². The Kier molecular flexibility index (Phi) is 6.40. The predicted octanol–water partition coefficient (Wildman–Crippen LogP) is 3.50. The fourth-order valence-corrected chi connectivity index (χ4v) is 3.50. The molecule has 0 spiro atoms. The minimum atomic E-state index is -1.08. The molecule has 1 unspecified atom stereocenters. The lowest BCUT2D eigenvalue weighted by atomic mass is 10.1. The van der Waals surface area contributed by atoms with E-state index in [1.165, 1.54) is 30.5 Å². The van der Waals surface area contributed by atoms with Crippen LogP contribution in [0.2, 0.25) is 0 Å². The number of hydrogen-bond donors (Lipinski definition) is 2. The van der Waals surface area contributed by atoms with Gasteiger partial charge >= 0.3 is 11.9 Å². The molecular weight excluding hydrogens is 394 g/mol. The van der Waals surface area contributed by atoms with Crippen LogP contribution >= 0.6 is 11.3 Å². The number of ether oxygens (including phenoxy) is 2. The number of amides is 1. The first-order valence-corrected chi connectivity index (χ1v) is 9.68. The molecule has 0 saturated heterocycles. The summed E-state index contributed by atoms with van der Waals surface area (Å²) in [6, 6.07) is 12.6. The van der Waals surface area contributed by atoms with Crippen molar-refractivity contribution >= 4 is 34.2 Å². The number of hydrogen-bond acceptors (Lipinski definition) is 7. The third kappa shape index (κ3) is 4.88. The van der Waals surface area contributed by atoms with Crippen LogP contribution in [-0.2, 0) is 14.3 Å². The van der Waals surface area contributed by atoms with Crippen molar-refractivity contribution in [2.24, 2.45) is 0 Å². The van der Waals surface area contributed by atoms with Crippen molar-refractivity contribution in [3.05, 3.63) is 59.9 Å². The van der Waals surface area contributed by atoms with E-state index in [1.54, 1.807) is 13.0 Å². The number of nitrogens with zero attached hydrogens (tertiary/aromatic N) is 1. The molecule has 2 heterocycles. The fourth-order valence-electron chi connectivity index (χ4n) is 2.45. The first-order chi connectivity index (χ1) is 14.0. The molecule has 9 heteroatoms. The van der Waals surface area contributed by atoms with E-state index in [2.05, 4.69) is 15.5 Å². The minimum Gasteiger partial charge on any atom is -0.462 e. The smallest absolute Gasteiger partial charge is 0.357 e. The zero-order valence-electron chi connectivity index (χ0n) is 15.8. The normalized spacial score (nSPS) is 11.5. The fraction of sp³-hybridized carbons (Fsp3) is 0.200. The molecule has 0 bridgehead atoms. The number of nitrogens with one attached hydrogen (secondary N) is 2. The van der Waals surface area contributed by atoms with E-state index in [1.807, 2.05) is 30.3 Å². The van der Waals surface area contributed by atoms with Crippen molar-refractivity contribution < 1.29 is 23.9 Å². The van der Waals surface area contributed by atoms with Crippen LogP contribution in [0, 0.1) is 0 Å². The van der Waals surface area contributed by atoms with Crippen molar-refractivity contribution in [3.63, 3.8) is 0 Å². The van der Waals surface area contributed by atoms with Crippen molar-refractivity contribution in [3.8, 4) is 10.4 Å². The lowest BCUT2D eigenvalue weighted by Crippen LogP contribution is -2.30. The average molecular weight is 413 g/mol. The number of carbonyl (C=O) groups excluding carboxylic acids is 3. The Morgan fingerprint density at radius 3 is 2.59 bits per heavy atom. The van der Waals surface area contributed by atoms with E-state index in [0.717, 1.165) is 10.4 Å². The molecule has 150 valence electrons. The van der Waals surface area contributed by atoms with Gasteiger partial charge in [-0.2, -0.15) is 5.10 Å². The first kappa shape index (κ1) is 20.3. The second-order valence-electron chi connectivity index (χ2n) is 5.95. The molecule has 2 N–H and O–H groups in total. The SMILES string of the molecule is CCOC(=O)c1cc(-c2ccccc2)sc1NC(=O)C(C)OC(=O)c1ccn[nH]1. The van der Waals surface area contributed by atoms with Crippen LogP contribution in [0.15, 0.2) is 48.7 Å². The number of rotatable bonds is 7. The second kappa shape index (κ2) is 9.16. The molecule has 3 aromatic rings. The molecule has 0 fully saturated rings. The maximum Gasteiger partial charge on any atom is 0.357 e. The highest BCUT2D eigenvalue weighted by Gasteiger charge is 2.24. The standard InChI is InChI=1S/C20H19N3O5S/c1-3-27-19(25)14-11-16(13-7-5-4-6-8-13)29-18(14)22-17(24)12(2)28-20(26)15-9-10-21-23-15/h4-12H,3H2,1-2H3,(H,21,23)(H,22,24).